The van der Waals surface area contributed by atoms with Gasteiger partial charge in [0.25, 0.3) is 0 Å². The number of hydrogen-bond acceptors (Lipinski definition) is 3. The van der Waals surface area contributed by atoms with Crippen LogP contribution >= 0.6 is 0 Å². The molecule has 0 spiro atoms. The van der Waals surface area contributed by atoms with Crippen LogP contribution in [0.4, 0.5) is 22.0 Å². The minimum atomic E-state index is -5.54. The number of ether oxygens (including phenoxy) is 1. The third-order valence-corrected chi connectivity index (χ3v) is 1.72. The number of halogens is 5. The molecule has 0 heterocycles. The van der Waals surface area contributed by atoms with Crippen LogP contribution in [0.2, 0.25) is 0 Å². The first kappa shape index (κ1) is 15.5. The Morgan fingerprint density at radius 2 is 1.69 bits per heavy atom. The molecule has 0 aromatic heterocycles. The molecule has 16 heavy (non-hydrogen) atoms. The lowest BCUT2D eigenvalue weighted by Gasteiger charge is -2.19. The molecule has 8 heteroatoms. The van der Waals surface area contributed by atoms with Crippen LogP contribution < -0.4 is 0 Å². The van der Waals surface area contributed by atoms with Crippen molar-refractivity contribution >= 4 is 0 Å². The van der Waals surface area contributed by atoms with E-state index in [1.807, 2.05) is 0 Å². The Labute approximate surface area is 88.8 Å². The Hall–Kier alpha value is -0.470. The van der Waals surface area contributed by atoms with Gasteiger partial charge >= 0.3 is 12.1 Å². The van der Waals surface area contributed by atoms with E-state index in [1.165, 1.54) is 0 Å². The third kappa shape index (κ3) is 5.57. The third-order valence-electron chi connectivity index (χ3n) is 1.72. The van der Waals surface area contributed by atoms with Crippen LogP contribution in [0.3, 0.4) is 0 Å². The zero-order valence-corrected chi connectivity index (χ0v) is 8.31. The molecule has 0 aliphatic heterocycles. The number of alkyl halides is 5. The van der Waals surface area contributed by atoms with E-state index < -0.39 is 37.7 Å². The number of aliphatic hydroxyl groups excluding tert-OH is 2. The minimum absolute atomic E-state index is 0.298. The van der Waals surface area contributed by atoms with E-state index in [0.717, 1.165) is 0 Å². The zero-order chi connectivity index (χ0) is 12.8. The standard InChI is InChI=1S/C8H13F5O3/c9-7(10,8(11,12)13)2-1-3-16-5-6(15)4-14/h6,14-15H,1-5H2. The summed E-state index contributed by atoms with van der Waals surface area (Å²) < 4.78 is 64.2. The maximum Gasteiger partial charge on any atom is 0.453 e. The molecule has 0 aromatic carbocycles. The Bertz CT molecular complexity index is 195. The predicted octanol–water partition coefficient (Wildman–Crippen LogP) is 1.33. The highest BCUT2D eigenvalue weighted by molar-refractivity contribution is 4.75. The molecule has 0 fully saturated rings. The molecule has 0 aliphatic rings. The second-order valence-corrected chi connectivity index (χ2v) is 3.22. The summed E-state index contributed by atoms with van der Waals surface area (Å²) in [6, 6.07) is 0. The lowest BCUT2D eigenvalue weighted by Crippen LogP contribution is -2.36. The first-order valence-corrected chi connectivity index (χ1v) is 4.52. The van der Waals surface area contributed by atoms with E-state index in [-0.39, 0.29) is 13.2 Å². The summed E-state index contributed by atoms with van der Waals surface area (Å²) in [6.07, 6.45) is -8.53. The van der Waals surface area contributed by atoms with Crippen molar-refractivity contribution in [2.24, 2.45) is 0 Å². The van der Waals surface area contributed by atoms with Gasteiger partial charge in [0.05, 0.1) is 13.2 Å². The van der Waals surface area contributed by atoms with Crippen molar-refractivity contribution < 1.29 is 36.9 Å². The Morgan fingerprint density at radius 1 is 1.12 bits per heavy atom. The maximum absolute atomic E-state index is 12.3. The largest absolute Gasteiger partial charge is 0.453 e. The van der Waals surface area contributed by atoms with E-state index >= 15 is 0 Å². The van der Waals surface area contributed by atoms with Crippen molar-refractivity contribution in [1.82, 2.24) is 0 Å². The lowest BCUT2D eigenvalue weighted by molar-refractivity contribution is -0.285. The predicted molar refractivity (Wildman–Crippen MR) is 44.1 cm³/mol. The quantitative estimate of drug-likeness (QED) is 0.531. The zero-order valence-electron chi connectivity index (χ0n) is 8.31. The molecule has 0 aliphatic carbocycles. The maximum atomic E-state index is 12.3. The van der Waals surface area contributed by atoms with E-state index in [2.05, 4.69) is 4.74 Å². The van der Waals surface area contributed by atoms with Crippen LogP contribution in [0, 0.1) is 0 Å². The average molecular weight is 252 g/mol. The first-order chi connectivity index (χ1) is 7.20. The minimum Gasteiger partial charge on any atom is -0.394 e. The van der Waals surface area contributed by atoms with Gasteiger partial charge in [-0.2, -0.15) is 22.0 Å². The van der Waals surface area contributed by atoms with E-state index in [1.54, 1.807) is 0 Å². The number of hydrogen-bond donors (Lipinski definition) is 2. The van der Waals surface area contributed by atoms with Gasteiger partial charge in [0.1, 0.15) is 6.10 Å². The van der Waals surface area contributed by atoms with E-state index in [0.29, 0.717) is 0 Å². The highest BCUT2D eigenvalue weighted by atomic mass is 19.4. The second kappa shape index (κ2) is 6.31. The first-order valence-electron chi connectivity index (χ1n) is 4.52. The van der Waals surface area contributed by atoms with Crippen LogP contribution in [0.15, 0.2) is 0 Å². The van der Waals surface area contributed by atoms with Gasteiger partial charge in [0.15, 0.2) is 0 Å². The Morgan fingerprint density at radius 3 is 2.12 bits per heavy atom. The molecular weight excluding hydrogens is 239 g/mol. The van der Waals surface area contributed by atoms with Crippen molar-refractivity contribution in [3.63, 3.8) is 0 Å². The monoisotopic (exact) mass is 252 g/mol. The summed E-state index contributed by atoms with van der Waals surface area (Å²) in [5, 5.41) is 17.1. The van der Waals surface area contributed by atoms with Crippen LogP contribution in [-0.4, -0.2) is 48.2 Å². The molecule has 0 aromatic rings. The van der Waals surface area contributed by atoms with Crippen molar-refractivity contribution in [2.45, 2.75) is 31.0 Å². The van der Waals surface area contributed by atoms with Gasteiger partial charge in [-0.1, -0.05) is 0 Å². The molecule has 0 rings (SSSR count). The highest BCUT2D eigenvalue weighted by Crippen LogP contribution is 2.38. The molecule has 0 saturated heterocycles. The molecule has 98 valence electrons. The smallest absolute Gasteiger partial charge is 0.394 e. The van der Waals surface area contributed by atoms with Gasteiger partial charge in [0, 0.05) is 13.0 Å². The number of aliphatic hydroxyl groups is 2. The molecule has 0 bridgehead atoms. The van der Waals surface area contributed by atoms with Crippen molar-refractivity contribution in [3.05, 3.63) is 0 Å². The highest BCUT2D eigenvalue weighted by Gasteiger charge is 2.56. The van der Waals surface area contributed by atoms with Gasteiger partial charge in [-0.3, -0.25) is 0 Å². The molecule has 1 atom stereocenters. The van der Waals surface area contributed by atoms with Crippen molar-refractivity contribution in [1.29, 1.82) is 0 Å². The van der Waals surface area contributed by atoms with Crippen LogP contribution in [0.1, 0.15) is 12.8 Å². The van der Waals surface area contributed by atoms with Crippen molar-refractivity contribution in [3.8, 4) is 0 Å². The summed E-state index contributed by atoms with van der Waals surface area (Å²) in [7, 11) is 0. The lowest BCUT2D eigenvalue weighted by atomic mass is 10.2. The molecule has 0 amide bonds. The molecular formula is C8H13F5O3. The van der Waals surface area contributed by atoms with Crippen LogP contribution in [0.5, 0.6) is 0 Å². The van der Waals surface area contributed by atoms with Gasteiger partial charge in [-0.15, -0.1) is 0 Å². The topological polar surface area (TPSA) is 49.7 Å². The summed E-state index contributed by atoms with van der Waals surface area (Å²) in [6.45, 7) is -1.18. The molecule has 1 unspecified atom stereocenters. The molecule has 2 N–H and O–H groups in total. The van der Waals surface area contributed by atoms with Gasteiger partial charge < -0.3 is 14.9 Å². The van der Waals surface area contributed by atoms with E-state index in [9.17, 15) is 22.0 Å². The van der Waals surface area contributed by atoms with Crippen LogP contribution in [0.25, 0.3) is 0 Å². The summed E-state index contributed by atoms with van der Waals surface area (Å²) in [5.41, 5.74) is 0. The summed E-state index contributed by atoms with van der Waals surface area (Å²) >= 11 is 0. The van der Waals surface area contributed by atoms with Crippen molar-refractivity contribution in [2.75, 3.05) is 19.8 Å². The number of rotatable bonds is 7. The summed E-state index contributed by atoms with van der Waals surface area (Å²) in [4.78, 5) is 0. The summed E-state index contributed by atoms with van der Waals surface area (Å²) in [5.74, 6) is -4.72. The van der Waals surface area contributed by atoms with E-state index in [4.69, 9.17) is 10.2 Å². The molecule has 3 nitrogen and oxygen atoms in total. The van der Waals surface area contributed by atoms with Gasteiger partial charge in [-0.05, 0) is 6.42 Å². The average Bonchev–Trinajstić information content (AvgIpc) is 2.15. The fourth-order valence-electron chi connectivity index (χ4n) is 0.810. The SMILES string of the molecule is OCC(O)COCCCC(F)(F)C(F)(F)F. The fourth-order valence-corrected chi connectivity index (χ4v) is 0.810. The molecule has 0 radical (unpaired) electrons. The molecule has 0 saturated carbocycles. The second-order valence-electron chi connectivity index (χ2n) is 3.22. The van der Waals surface area contributed by atoms with Crippen LogP contribution in [-0.2, 0) is 4.74 Å². The normalized spacial score (nSPS) is 15.2. The Kier molecular flexibility index (Phi) is 6.13. The van der Waals surface area contributed by atoms with Gasteiger partial charge in [-0.25, -0.2) is 0 Å². The Balaban J connectivity index is 3.67. The fraction of sp³-hybridized carbons (Fsp3) is 1.00. The van der Waals surface area contributed by atoms with Gasteiger partial charge in [0.2, 0.25) is 0 Å².